The highest BCUT2D eigenvalue weighted by molar-refractivity contribution is 7.92. The van der Waals surface area contributed by atoms with Gasteiger partial charge in [0.05, 0.1) is 25.6 Å². The van der Waals surface area contributed by atoms with Crippen molar-refractivity contribution in [1.82, 2.24) is 5.32 Å². The van der Waals surface area contributed by atoms with Crippen molar-refractivity contribution in [3.63, 3.8) is 0 Å². The van der Waals surface area contributed by atoms with Gasteiger partial charge in [0.2, 0.25) is 10.0 Å². The van der Waals surface area contributed by atoms with E-state index in [4.69, 9.17) is 4.74 Å². The zero-order valence-corrected chi connectivity index (χ0v) is 19.3. The van der Waals surface area contributed by atoms with Crippen molar-refractivity contribution in [3.8, 4) is 5.75 Å². The molecule has 0 aliphatic carbocycles. The van der Waals surface area contributed by atoms with Gasteiger partial charge in [-0.2, -0.15) is 0 Å². The maximum atomic E-state index is 12.5. The molecule has 0 fully saturated rings. The Morgan fingerprint density at radius 2 is 1.69 bits per heavy atom. The van der Waals surface area contributed by atoms with Gasteiger partial charge >= 0.3 is 0 Å². The molecular formula is C25H28N2O4S. The summed E-state index contributed by atoms with van der Waals surface area (Å²) < 4.78 is 31.3. The van der Waals surface area contributed by atoms with Gasteiger partial charge in [-0.15, -0.1) is 0 Å². The summed E-state index contributed by atoms with van der Waals surface area (Å²) in [5, 5.41) is 2.96. The summed E-state index contributed by atoms with van der Waals surface area (Å²) >= 11 is 0. The van der Waals surface area contributed by atoms with Crippen molar-refractivity contribution in [1.29, 1.82) is 0 Å². The lowest BCUT2D eigenvalue weighted by atomic mass is 10.0. The van der Waals surface area contributed by atoms with Crippen LogP contribution in [0, 0.1) is 0 Å². The first-order chi connectivity index (χ1) is 15.3. The van der Waals surface area contributed by atoms with Crippen molar-refractivity contribution < 1.29 is 17.9 Å². The van der Waals surface area contributed by atoms with Gasteiger partial charge in [-0.25, -0.2) is 8.42 Å². The Labute approximate surface area is 189 Å². The number of carbonyl (C=O) groups is 1. The first-order valence-electron chi connectivity index (χ1n) is 10.3. The van der Waals surface area contributed by atoms with E-state index in [9.17, 15) is 13.2 Å². The lowest BCUT2D eigenvalue weighted by Gasteiger charge is -2.23. The maximum absolute atomic E-state index is 12.5. The Hall–Kier alpha value is -3.32. The molecule has 0 aliphatic rings. The molecule has 0 saturated heterocycles. The molecule has 0 heterocycles. The lowest BCUT2D eigenvalue weighted by Crippen LogP contribution is -2.29. The molecule has 3 aromatic rings. The van der Waals surface area contributed by atoms with E-state index in [-0.39, 0.29) is 18.4 Å². The normalized spacial score (nSPS) is 12.1. The van der Waals surface area contributed by atoms with Crippen molar-refractivity contribution in [2.75, 3.05) is 24.2 Å². The Kier molecular flexibility index (Phi) is 7.53. The Balaban J connectivity index is 1.67. The summed E-state index contributed by atoms with van der Waals surface area (Å²) in [7, 11) is -1.98. The van der Waals surface area contributed by atoms with E-state index in [1.165, 1.54) is 23.2 Å². The quantitative estimate of drug-likeness (QED) is 0.528. The highest BCUT2D eigenvalue weighted by Gasteiger charge is 2.19. The summed E-state index contributed by atoms with van der Waals surface area (Å²) in [4.78, 5) is 12.5. The number of carbonyl (C=O) groups excluding carboxylic acids is 1. The van der Waals surface area contributed by atoms with Crippen LogP contribution in [0.25, 0.3) is 0 Å². The van der Waals surface area contributed by atoms with E-state index >= 15 is 0 Å². The van der Waals surface area contributed by atoms with Crippen LogP contribution in [0.3, 0.4) is 0 Å². The molecule has 0 saturated carbocycles. The van der Waals surface area contributed by atoms with Crippen LogP contribution in [-0.4, -0.2) is 34.2 Å². The van der Waals surface area contributed by atoms with Crippen LogP contribution >= 0.6 is 0 Å². The third-order valence-electron chi connectivity index (χ3n) is 5.22. The van der Waals surface area contributed by atoms with E-state index in [0.717, 1.165) is 5.56 Å². The molecule has 0 aliphatic heterocycles. The number of amides is 1. The van der Waals surface area contributed by atoms with Gasteiger partial charge in [-0.1, -0.05) is 55.5 Å². The molecule has 0 radical (unpaired) electrons. The average Bonchev–Trinajstić information content (AvgIpc) is 2.81. The Morgan fingerprint density at radius 1 is 1.00 bits per heavy atom. The second-order valence-electron chi connectivity index (χ2n) is 7.69. The van der Waals surface area contributed by atoms with Gasteiger partial charge in [-0.3, -0.25) is 9.10 Å². The fraction of sp³-hybridized carbons (Fsp3) is 0.240. The Morgan fingerprint density at radius 3 is 2.31 bits per heavy atom. The molecule has 168 valence electrons. The maximum Gasteiger partial charge on any atom is 0.251 e. The van der Waals surface area contributed by atoms with E-state index in [0.29, 0.717) is 23.5 Å². The smallest absolute Gasteiger partial charge is 0.251 e. The number of hydrogen-bond donors (Lipinski definition) is 1. The fourth-order valence-electron chi connectivity index (χ4n) is 3.34. The zero-order valence-electron chi connectivity index (χ0n) is 18.5. The van der Waals surface area contributed by atoms with Gasteiger partial charge < -0.3 is 10.1 Å². The van der Waals surface area contributed by atoms with Gasteiger partial charge in [0.25, 0.3) is 5.91 Å². The minimum absolute atomic E-state index is 0.152. The monoisotopic (exact) mass is 452 g/mol. The zero-order chi connectivity index (χ0) is 23.1. The third kappa shape index (κ3) is 6.11. The highest BCUT2D eigenvalue weighted by atomic mass is 32.2. The molecular weight excluding hydrogens is 424 g/mol. The predicted octanol–water partition coefficient (Wildman–Crippen LogP) is 4.19. The number of hydrogen-bond acceptors (Lipinski definition) is 4. The summed E-state index contributed by atoms with van der Waals surface area (Å²) in [5.74, 6) is 0.616. The second-order valence-corrected chi connectivity index (χ2v) is 9.60. The van der Waals surface area contributed by atoms with Crippen molar-refractivity contribution >= 4 is 21.6 Å². The van der Waals surface area contributed by atoms with E-state index in [2.05, 4.69) is 12.2 Å². The summed E-state index contributed by atoms with van der Waals surface area (Å²) in [6.07, 6.45) is 1.17. The number of sulfonamides is 1. The first kappa shape index (κ1) is 23.3. The van der Waals surface area contributed by atoms with Crippen LogP contribution < -0.4 is 14.4 Å². The molecule has 0 bridgehead atoms. The number of benzene rings is 3. The standard InChI is InChI=1S/C25H28N2O4S/c1-19(21-8-5-4-6-9-21)17-26-25(28)22-14-12-20(13-15-22)18-27(32(3,29)30)23-10-7-11-24(16-23)31-2/h4-16,19H,17-18H2,1-3H3,(H,26,28). The summed E-state index contributed by atoms with van der Waals surface area (Å²) in [6, 6.07) is 23.9. The number of nitrogens with zero attached hydrogens (tertiary/aromatic N) is 1. The third-order valence-corrected chi connectivity index (χ3v) is 6.36. The molecule has 1 N–H and O–H groups in total. The van der Waals surface area contributed by atoms with Crippen molar-refractivity contribution in [2.24, 2.45) is 0 Å². The van der Waals surface area contributed by atoms with Gasteiger partial charge in [0.1, 0.15) is 5.75 Å². The fourth-order valence-corrected chi connectivity index (χ4v) is 4.22. The van der Waals surface area contributed by atoms with Crippen LogP contribution in [-0.2, 0) is 16.6 Å². The second kappa shape index (κ2) is 10.3. The SMILES string of the molecule is COc1cccc(N(Cc2ccc(C(=O)NCC(C)c3ccccc3)cc2)S(C)(=O)=O)c1. The van der Waals surface area contributed by atoms with Crippen molar-refractivity contribution in [2.45, 2.75) is 19.4 Å². The first-order valence-corrected chi connectivity index (χ1v) is 12.2. The Bertz CT molecular complexity index is 1150. The minimum atomic E-state index is -3.51. The van der Waals surface area contributed by atoms with Gasteiger partial charge in [-0.05, 0) is 41.3 Å². The number of rotatable bonds is 9. The largest absolute Gasteiger partial charge is 0.497 e. The molecule has 1 unspecified atom stereocenters. The van der Waals surface area contributed by atoms with Gasteiger partial charge in [0.15, 0.2) is 0 Å². The molecule has 7 heteroatoms. The van der Waals surface area contributed by atoms with Crippen molar-refractivity contribution in [3.05, 3.63) is 95.6 Å². The van der Waals surface area contributed by atoms with E-state index in [1.54, 1.807) is 48.5 Å². The molecule has 3 aromatic carbocycles. The predicted molar refractivity (Wildman–Crippen MR) is 128 cm³/mol. The van der Waals surface area contributed by atoms with Crippen LogP contribution in [0.15, 0.2) is 78.9 Å². The molecule has 32 heavy (non-hydrogen) atoms. The molecule has 0 spiro atoms. The number of nitrogens with one attached hydrogen (secondary N) is 1. The molecule has 1 amide bonds. The van der Waals surface area contributed by atoms with Crippen LogP contribution in [0.2, 0.25) is 0 Å². The van der Waals surface area contributed by atoms with Crippen LogP contribution in [0.4, 0.5) is 5.69 Å². The van der Waals surface area contributed by atoms with Crippen LogP contribution in [0.1, 0.15) is 34.3 Å². The van der Waals surface area contributed by atoms with Gasteiger partial charge in [0, 0.05) is 18.2 Å². The number of anilines is 1. The van der Waals surface area contributed by atoms with E-state index in [1.807, 2.05) is 30.3 Å². The average molecular weight is 453 g/mol. The highest BCUT2D eigenvalue weighted by Crippen LogP contribution is 2.25. The van der Waals surface area contributed by atoms with E-state index < -0.39 is 10.0 Å². The molecule has 0 aromatic heterocycles. The summed E-state index contributed by atoms with van der Waals surface area (Å²) in [5.41, 5.74) is 2.99. The molecule has 6 nitrogen and oxygen atoms in total. The lowest BCUT2D eigenvalue weighted by molar-refractivity contribution is 0.0951. The molecule has 1 atom stereocenters. The minimum Gasteiger partial charge on any atom is -0.497 e. The molecule has 3 rings (SSSR count). The summed E-state index contributed by atoms with van der Waals surface area (Å²) in [6.45, 7) is 2.75. The number of ether oxygens (including phenoxy) is 1. The number of methoxy groups -OCH3 is 1. The van der Waals surface area contributed by atoms with Crippen LogP contribution in [0.5, 0.6) is 5.75 Å². The topological polar surface area (TPSA) is 75.7 Å².